The molecular formula is C30H54N6S2. The minimum Gasteiger partial charge on any atom is -0.386 e. The number of hydrogen-bond acceptors (Lipinski definition) is 4. The van der Waals surface area contributed by atoms with Crippen molar-refractivity contribution in [2.45, 2.75) is 140 Å². The van der Waals surface area contributed by atoms with Crippen LogP contribution in [0.2, 0.25) is 0 Å². The van der Waals surface area contributed by atoms with Crippen LogP contribution in [-0.2, 0) is 0 Å². The molecule has 0 heterocycles. The van der Waals surface area contributed by atoms with E-state index in [4.69, 9.17) is 35.9 Å². The number of thiocarbonyl (C=S) groups is 2. The normalized spacial score (nSPS) is 36.0. The van der Waals surface area contributed by atoms with E-state index >= 15 is 0 Å². The van der Waals surface area contributed by atoms with E-state index < -0.39 is 0 Å². The molecule has 0 spiro atoms. The third-order valence-electron chi connectivity index (χ3n) is 10.1. The Balaban J connectivity index is 1.04. The third-order valence-corrected chi connectivity index (χ3v) is 10.5. The topological polar surface area (TPSA) is 100 Å². The molecule has 0 aromatic rings. The molecule has 0 atom stereocenters. The lowest BCUT2D eigenvalue weighted by Crippen LogP contribution is -2.48. The summed E-state index contributed by atoms with van der Waals surface area (Å²) >= 11 is 10.8. The van der Waals surface area contributed by atoms with Gasteiger partial charge in [-0.15, -0.1) is 0 Å². The largest absolute Gasteiger partial charge is 0.386 e. The first-order chi connectivity index (χ1) is 18.3. The van der Waals surface area contributed by atoms with E-state index in [0.29, 0.717) is 35.1 Å². The molecule has 4 aliphatic rings. The number of hydrogen-bond donors (Lipinski definition) is 6. The Kier molecular flexibility index (Phi) is 11.7. The highest BCUT2D eigenvalue weighted by atomic mass is 32.1. The van der Waals surface area contributed by atoms with Gasteiger partial charge in [-0.25, -0.2) is 0 Å². The van der Waals surface area contributed by atoms with Crippen LogP contribution in [0, 0.1) is 23.7 Å². The molecule has 0 aromatic heterocycles. The van der Waals surface area contributed by atoms with Gasteiger partial charge in [-0.1, -0.05) is 6.58 Å². The van der Waals surface area contributed by atoms with Crippen molar-refractivity contribution in [1.82, 2.24) is 21.3 Å². The summed E-state index contributed by atoms with van der Waals surface area (Å²) < 4.78 is 0. The highest BCUT2D eigenvalue weighted by molar-refractivity contribution is 7.80. The molecule has 0 radical (unpaired) electrons. The van der Waals surface area contributed by atoms with Gasteiger partial charge in [0.15, 0.2) is 10.2 Å². The Morgan fingerprint density at radius 1 is 0.500 bits per heavy atom. The summed E-state index contributed by atoms with van der Waals surface area (Å²) in [6.45, 7) is 3.79. The summed E-state index contributed by atoms with van der Waals surface area (Å²) in [5, 5.41) is 15.3. The van der Waals surface area contributed by atoms with E-state index in [0.717, 1.165) is 28.8 Å². The van der Waals surface area contributed by atoms with Crippen molar-refractivity contribution in [3.05, 3.63) is 12.4 Å². The molecule has 0 saturated heterocycles. The standard InChI is InChI=1S/C30H54N6S2/c1-20(31)33-25-10-2-21(3-11-25)18-23-6-14-27(15-7-23)35-30(38)36-28-16-8-24(9-17-28)19-22-4-12-26(13-5-22)34-29(32)37/h21-28,33H,1-19,31H2,(H3,32,34,37)(H2,35,36,38). The molecule has 0 bridgehead atoms. The maximum Gasteiger partial charge on any atom is 0.166 e. The van der Waals surface area contributed by atoms with E-state index in [1.807, 2.05) is 0 Å². The Morgan fingerprint density at radius 2 is 0.789 bits per heavy atom. The van der Waals surface area contributed by atoms with Gasteiger partial charge in [-0.3, -0.25) is 0 Å². The second kappa shape index (κ2) is 14.9. The van der Waals surface area contributed by atoms with Gasteiger partial charge in [-0.05, 0) is 164 Å². The van der Waals surface area contributed by atoms with Crippen LogP contribution in [0.5, 0.6) is 0 Å². The summed E-state index contributed by atoms with van der Waals surface area (Å²) in [7, 11) is 0. The van der Waals surface area contributed by atoms with Crippen molar-refractivity contribution in [2.75, 3.05) is 0 Å². The number of rotatable bonds is 9. The van der Waals surface area contributed by atoms with Gasteiger partial charge in [0.2, 0.25) is 0 Å². The van der Waals surface area contributed by atoms with Gasteiger partial charge >= 0.3 is 0 Å². The zero-order valence-electron chi connectivity index (χ0n) is 23.5. The van der Waals surface area contributed by atoms with Crippen molar-refractivity contribution in [2.24, 2.45) is 35.1 Å². The molecule has 0 amide bonds. The van der Waals surface area contributed by atoms with Crippen LogP contribution in [0.3, 0.4) is 0 Å². The predicted octanol–water partition coefficient (Wildman–Crippen LogP) is 5.32. The first-order valence-corrected chi connectivity index (χ1v) is 16.5. The summed E-state index contributed by atoms with van der Waals surface area (Å²) in [6.07, 6.45) is 23.4. The second-order valence-electron chi connectivity index (χ2n) is 13.1. The molecule has 216 valence electrons. The van der Waals surface area contributed by atoms with Gasteiger partial charge in [0.25, 0.3) is 0 Å². The van der Waals surface area contributed by atoms with E-state index in [2.05, 4.69) is 27.8 Å². The Morgan fingerprint density at radius 3 is 1.08 bits per heavy atom. The van der Waals surface area contributed by atoms with E-state index in [-0.39, 0.29) is 0 Å². The first-order valence-electron chi connectivity index (χ1n) is 15.7. The monoisotopic (exact) mass is 562 g/mol. The van der Waals surface area contributed by atoms with Crippen LogP contribution in [0.4, 0.5) is 0 Å². The molecule has 4 saturated carbocycles. The highest BCUT2D eigenvalue weighted by Gasteiger charge is 2.29. The van der Waals surface area contributed by atoms with Crippen LogP contribution in [0.1, 0.15) is 116 Å². The second-order valence-corrected chi connectivity index (χ2v) is 14.0. The SMILES string of the molecule is C=C(N)NC1CCC(CC2CCC(NC(=S)NC3CCC(CC4CCC(NC(N)=S)CC4)CC3)CC2)CC1. The zero-order chi connectivity index (χ0) is 26.9. The maximum absolute atomic E-state index is 5.75. The van der Waals surface area contributed by atoms with Gasteiger partial charge in [0, 0.05) is 24.2 Å². The molecule has 38 heavy (non-hydrogen) atoms. The van der Waals surface area contributed by atoms with E-state index in [1.54, 1.807) is 0 Å². The molecule has 0 aromatic carbocycles. The van der Waals surface area contributed by atoms with Gasteiger partial charge in [0.1, 0.15) is 0 Å². The van der Waals surface area contributed by atoms with E-state index in [1.165, 1.54) is 116 Å². The van der Waals surface area contributed by atoms with Crippen molar-refractivity contribution in [3.63, 3.8) is 0 Å². The summed E-state index contributed by atoms with van der Waals surface area (Å²) in [4.78, 5) is 0. The lowest BCUT2D eigenvalue weighted by atomic mass is 9.75. The van der Waals surface area contributed by atoms with Crippen LogP contribution >= 0.6 is 24.4 Å². The van der Waals surface area contributed by atoms with Crippen LogP contribution in [0.25, 0.3) is 0 Å². The maximum atomic E-state index is 5.75. The summed E-state index contributed by atoms with van der Waals surface area (Å²) in [5.74, 6) is 4.19. The minimum atomic E-state index is 0.455. The number of nitrogens with two attached hydrogens (primary N) is 2. The average Bonchev–Trinajstić information content (AvgIpc) is 2.88. The summed E-state index contributed by atoms with van der Waals surface area (Å²) in [6, 6.07) is 2.14. The van der Waals surface area contributed by atoms with Gasteiger partial charge in [-0.2, -0.15) is 0 Å². The number of nitrogens with one attached hydrogen (secondary N) is 4. The minimum absolute atomic E-state index is 0.455. The van der Waals surface area contributed by atoms with Crippen molar-refractivity contribution < 1.29 is 0 Å². The lowest BCUT2D eigenvalue weighted by molar-refractivity contribution is 0.212. The molecule has 6 nitrogen and oxygen atoms in total. The van der Waals surface area contributed by atoms with Crippen molar-refractivity contribution >= 4 is 34.7 Å². The quantitative estimate of drug-likeness (QED) is 0.210. The van der Waals surface area contributed by atoms with Crippen LogP contribution < -0.4 is 32.7 Å². The fourth-order valence-electron chi connectivity index (χ4n) is 7.99. The molecule has 4 fully saturated rings. The van der Waals surface area contributed by atoms with Crippen molar-refractivity contribution in [1.29, 1.82) is 0 Å². The Hall–Kier alpha value is -1.28. The smallest absolute Gasteiger partial charge is 0.166 e. The van der Waals surface area contributed by atoms with Crippen molar-refractivity contribution in [3.8, 4) is 0 Å². The molecule has 8 heteroatoms. The molecule has 4 aliphatic carbocycles. The average molecular weight is 563 g/mol. The molecule has 0 unspecified atom stereocenters. The summed E-state index contributed by atoms with van der Waals surface area (Å²) in [5.41, 5.74) is 11.4. The van der Waals surface area contributed by atoms with E-state index in [9.17, 15) is 0 Å². The van der Waals surface area contributed by atoms with Crippen LogP contribution in [-0.4, -0.2) is 34.4 Å². The predicted molar refractivity (Wildman–Crippen MR) is 167 cm³/mol. The van der Waals surface area contributed by atoms with Gasteiger partial charge < -0.3 is 32.7 Å². The fourth-order valence-corrected chi connectivity index (χ4v) is 8.49. The molecule has 4 rings (SSSR count). The third kappa shape index (κ3) is 10.0. The highest BCUT2D eigenvalue weighted by Crippen LogP contribution is 2.37. The molecule has 0 aliphatic heterocycles. The zero-order valence-corrected chi connectivity index (χ0v) is 25.2. The molecular weight excluding hydrogens is 509 g/mol. The fraction of sp³-hybridized carbons (Fsp3) is 0.867. The molecule has 8 N–H and O–H groups in total. The van der Waals surface area contributed by atoms with Crippen LogP contribution in [0.15, 0.2) is 12.4 Å². The first kappa shape index (κ1) is 29.7. The van der Waals surface area contributed by atoms with Gasteiger partial charge in [0.05, 0.1) is 5.82 Å². The lowest BCUT2D eigenvalue weighted by Gasteiger charge is -2.36. The Bertz CT molecular complexity index is 697. The Labute approximate surface area is 242 Å².